The Balaban J connectivity index is 3.05. The molecule has 0 aliphatic carbocycles. The summed E-state index contributed by atoms with van der Waals surface area (Å²) in [6.45, 7) is 3.56. The van der Waals surface area contributed by atoms with E-state index >= 15 is 0 Å². The molecule has 0 aliphatic heterocycles. The number of benzene rings is 1. The second kappa shape index (κ2) is 4.78. The maximum Gasteiger partial charge on any atom is 0.143 e. The van der Waals surface area contributed by atoms with Gasteiger partial charge in [-0.15, -0.1) is 6.58 Å². The molecule has 0 heterocycles. The van der Waals surface area contributed by atoms with Gasteiger partial charge in [0.05, 0.1) is 10.0 Å². The van der Waals surface area contributed by atoms with Crippen molar-refractivity contribution in [2.24, 2.45) is 5.73 Å². The predicted molar refractivity (Wildman–Crippen MR) is 58.2 cm³/mol. The van der Waals surface area contributed by atoms with Crippen LogP contribution in [-0.4, -0.2) is 0 Å². The molecule has 0 bridgehead atoms. The summed E-state index contributed by atoms with van der Waals surface area (Å²) >= 11 is 11.3. The van der Waals surface area contributed by atoms with Gasteiger partial charge in [-0.25, -0.2) is 4.39 Å². The Bertz CT molecular complexity index is 329. The molecule has 1 nitrogen and oxygen atoms in total. The summed E-state index contributed by atoms with van der Waals surface area (Å²) < 4.78 is 13.1. The summed E-state index contributed by atoms with van der Waals surface area (Å²) in [5, 5.41) is 0.113. The lowest BCUT2D eigenvalue weighted by Crippen LogP contribution is -2.09. The summed E-state index contributed by atoms with van der Waals surface area (Å²) in [5.74, 6) is -0.548. The van der Waals surface area contributed by atoms with Crippen molar-refractivity contribution in [3.63, 3.8) is 0 Å². The van der Waals surface area contributed by atoms with Crippen molar-refractivity contribution >= 4 is 23.2 Å². The molecule has 1 rings (SSSR count). The van der Waals surface area contributed by atoms with Gasteiger partial charge in [0, 0.05) is 6.04 Å². The monoisotopic (exact) mass is 233 g/mol. The van der Waals surface area contributed by atoms with Crippen LogP contribution in [0.5, 0.6) is 0 Å². The quantitative estimate of drug-likeness (QED) is 0.626. The minimum atomic E-state index is -0.548. The molecule has 0 saturated carbocycles. The lowest BCUT2D eigenvalue weighted by atomic mass is 10.0. The molecule has 1 aromatic carbocycles. The molecule has 14 heavy (non-hydrogen) atoms. The van der Waals surface area contributed by atoms with Crippen molar-refractivity contribution in [3.8, 4) is 0 Å². The highest BCUT2D eigenvalue weighted by atomic mass is 35.5. The molecule has 76 valence electrons. The van der Waals surface area contributed by atoms with Gasteiger partial charge in [-0.05, 0) is 24.1 Å². The van der Waals surface area contributed by atoms with Crippen LogP contribution < -0.4 is 5.73 Å². The van der Waals surface area contributed by atoms with E-state index in [4.69, 9.17) is 28.9 Å². The predicted octanol–water partition coefficient (Wildman–Crippen LogP) is 3.71. The first-order valence-corrected chi connectivity index (χ1v) is 4.82. The van der Waals surface area contributed by atoms with Crippen LogP contribution in [-0.2, 0) is 0 Å². The summed E-state index contributed by atoms with van der Waals surface area (Å²) in [5.41, 5.74) is 6.38. The van der Waals surface area contributed by atoms with E-state index in [0.717, 1.165) is 0 Å². The highest BCUT2D eigenvalue weighted by Crippen LogP contribution is 2.29. The van der Waals surface area contributed by atoms with E-state index in [1.807, 2.05) is 0 Å². The molecule has 4 heteroatoms. The molecule has 0 saturated heterocycles. The maximum absolute atomic E-state index is 13.1. The molecule has 1 atom stereocenters. The number of hydrogen-bond donors (Lipinski definition) is 1. The van der Waals surface area contributed by atoms with E-state index in [9.17, 15) is 4.39 Å². The zero-order valence-corrected chi connectivity index (χ0v) is 8.95. The number of hydrogen-bond acceptors (Lipinski definition) is 1. The zero-order chi connectivity index (χ0) is 10.7. The molecule has 0 aliphatic rings. The van der Waals surface area contributed by atoms with Crippen molar-refractivity contribution < 1.29 is 4.39 Å². The van der Waals surface area contributed by atoms with Crippen LogP contribution in [0.2, 0.25) is 10.0 Å². The van der Waals surface area contributed by atoms with Gasteiger partial charge in [0.15, 0.2) is 0 Å². The Morgan fingerprint density at radius 3 is 2.64 bits per heavy atom. The average Bonchev–Trinajstić information content (AvgIpc) is 2.13. The first-order valence-electron chi connectivity index (χ1n) is 4.07. The third-order valence-electron chi connectivity index (χ3n) is 1.85. The minimum absolute atomic E-state index is 0.0683. The first-order chi connectivity index (χ1) is 6.56. The summed E-state index contributed by atoms with van der Waals surface area (Å²) in [6.07, 6.45) is 2.24. The van der Waals surface area contributed by atoms with Crippen molar-refractivity contribution in [2.75, 3.05) is 0 Å². The van der Waals surface area contributed by atoms with Gasteiger partial charge in [-0.2, -0.15) is 0 Å². The van der Waals surface area contributed by atoms with Gasteiger partial charge in [0.25, 0.3) is 0 Å². The number of rotatable bonds is 3. The van der Waals surface area contributed by atoms with Crippen molar-refractivity contribution in [1.82, 2.24) is 0 Å². The summed E-state index contributed by atoms with van der Waals surface area (Å²) in [4.78, 5) is 0. The molecule has 2 N–H and O–H groups in total. The molecular weight excluding hydrogens is 224 g/mol. The number of halogens is 3. The van der Waals surface area contributed by atoms with Gasteiger partial charge in [0.1, 0.15) is 5.82 Å². The minimum Gasteiger partial charge on any atom is -0.324 e. The fraction of sp³-hybridized carbons (Fsp3) is 0.200. The first kappa shape index (κ1) is 11.5. The summed E-state index contributed by atoms with van der Waals surface area (Å²) in [7, 11) is 0. The molecule has 0 radical (unpaired) electrons. The van der Waals surface area contributed by atoms with Gasteiger partial charge in [-0.3, -0.25) is 0 Å². The smallest absolute Gasteiger partial charge is 0.143 e. The normalized spacial score (nSPS) is 12.6. The molecule has 0 unspecified atom stereocenters. The molecule has 1 aromatic rings. The second-order valence-electron chi connectivity index (χ2n) is 2.93. The van der Waals surface area contributed by atoms with Crippen LogP contribution in [0, 0.1) is 5.82 Å². The second-order valence-corrected chi connectivity index (χ2v) is 3.71. The van der Waals surface area contributed by atoms with Crippen LogP contribution in [0.3, 0.4) is 0 Å². The third-order valence-corrected chi connectivity index (χ3v) is 2.63. The van der Waals surface area contributed by atoms with Gasteiger partial charge < -0.3 is 5.73 Å². The Labute approximate surface area is 92.3 Å². The van der Waals surface area contributed by atoms with Gasteiger partial charge >= 0.3 is 0 Å². The van der Waals surface area contributed by atoms with Crippen LogP contribution in [0.15, 0.2) is 24.8 Å². The third kappa shape index (κ3) is 2.47. The van der Waals surface area contributed by atoms with Gasteiger partial charge in [0.2, 0.25) is 0 Å². The topological polar surface area (TPSA) is 26.0 Å². The number of nitrogens with two attached hydrogens (primary N) is 1. The van der Waals surface area contributed by atoms with E-state index in [1.165, 1.54) is 6.07 Å². The van der Waals surface area contributed by atoms with Crippen molar-refractivity contribution in [3.05, 3.63) is 46.2 Å². The highest BCUT2D eigenvalue weighted by Gasteiger charge is 2.11. The molecular formula is C10H10Cl2FN. The molecule has 0 aromatic heterocycles. The van der Waals surface area contributed by atoms with Crippen LogP contribution in [0.4, 0.5) is 4.39 Å². The van der Waals surface area contributed by atoms with Gasteiger partial charge in [-0.1, -0.05) is 29.3 Å². The maximum atomic E-state index is 13.1. The standard InChI is InChI=1S/C10H10Cl2FN/c1-2-3-9(14)6-4-7(11)10(12)8(13)5-6/h2,4-5,9H,1,3,14H2/t9-/m0/s1. The van der Waals surface area contributed by atoms with Crippen molar-refractivity contribution in [2.45, 2.75) is 12.5 Å². The lowest BCUT2D eigenvalue weighted by molar-refractivity contribution is 0.620. The van der Waals surface area contributed by atoms with Crippen LogP contribution in [0.25, 0.3) is 0 Å². The Morgan fingerprint density at radius 2 is 2.14 bits per heavy atom. The van der Waals surface area contributed by atoms with E-state index < -0.39 is 5.82 Å². The van der Waals surface area contributed by atoms with E-state index in [2.05, 4.69) is 6.58 Å². The SMILES string of the molecule is C=CC[C@H](N)c1cc(F)c(Cl)c(Cl)c1. The van der Waals surface area contributed by atoms with E-state index in [-0.39, 0.29) is 16.1 Å². The Kier molecular flexibility index (Phi) is 3.93. The summed E-state index contributed by atoms with van der Waals surface area (Å²) in [6, 6.07) is 2.57. The highest BCUT2D eigenvalue weighted by molar-refractivity contribution is 6.42. The Morgan fingerprint density at radius 1 is 1.50 bits per heavy atom. The van der Waals surface area contributed by atoms with Crippen molar-refractivity contribution in [1.29, 1.82) is 0 Å². The zero-order valence-electron chi connectivity index (χ0n) is 7.43. The van der Waals surface area contributed by atoms with Crippen LogP contribution >= 0.6 is 23.2 Å². The largest absolute Gasteiger partial charge is 0.324 e. The fourth-order valence-corrected chi connectivity index (χ4v) is 1.43. The Hall–Kier alpha value is -0.570. The molecule has 0 spiro atoms. The van der Waals surface area contributed by atoms with Crippen LogP contribution in [0.1, 0.15) is 18.0 Å². The molecule has 0 amide bonds. The lowest BCUT2D eigenvalue weighted by Gasteiger charge is -2.10. The molecule has 0 fully saturated rings. The van der Waals surface area contributed by atoms with E-state index in [0.29, 0.717) is 12.0 Å². The average molecular weight is 234 g/mol. The van der Waals surface area contributed by atoms with E-state index in [1.54, 1.807) is 12.1 Å². The fourth-order valence-electron chi connectivity index (χ4n) is 1.10.